The first-order chi connectivity index (χ1) is 12.4. The summed E-state index contributed by atoms with van der Waals surface area (Å²) in [7, 11) is 0. The van der Waals surface area contributed by atoms with Crippen molar-refractivity contribution in [1.82, 2.24) is 9.88 Å². The molecule has 0 spiro atoms. The zero-order chi connectivity index (χ0) is 18.7. The normalized spacial score (nSPS) is 23.9. The summed E-state index contributed by atoms with van der Waals surface area (Å²) < 4.78 is 13.0. The zero-order valence-corrected chi connectivity index (χ0v) is 15.5. The Balaban J connectivity index is 1.66. The van der Waals surface area contributed by atoms with Gasteiger partial charge >= 0.3 is 5.97 Å². The van der Waals surface area contributed by atoms with Crippen LogP contribution in [0.4, 0.5) is 4.39 Å². The molecule has 1 aromatic carbocycles. The van der Waals surface area contributed by atoms with Gasteiger partial charge in [0.15, 0.2) is 0 Å². The lowest BCUT2D eigenvalue weighted by Gasteiger charge is -2.42. The van der Waals surface area contributed by atoms with E-state index in [-0.39, 0.29) is 5.82 Å². The molecule has 0 bridgehead atoms. The third-order valence-electron chi connectivity index (χ3n) is 5.12. The number of hydrogen-bond donors (Lipinski definition) is 2. The average Bonchev–Trinajstić information content (AvgIpc) is 3.06. The molecule has 2 atom stereocenters. The number of carboxylic acid groups (broad SMARTS) is 1. The first-order valence-electron chi connectivity index (χ1n) is 8.79. The van der Waals surface area contributed by atoms with Gasteiger partial charge in [-0.05, 0) is 43.7 Å². The second kappa shape index (κ2) is 7.82. The summed E-state index contributed by atoms with van der Waals surface area (Å²) in [4.78, 5) is 18.4. The highest BCUT2D eigenvalue weighted by atomic mass is 32.1. The van der Waals surface area contributed by atoms with Gasteiger partial charge in [-0.25, -0.2) is 9.37 Å². The molecule has 5 nitrogen and oxygen atoms in total. The summed E-state index contributed by atoms with van der Waals surface area (Å²) in [6.07, 6.45) is 0.776. The molecular formula is C19H23FN2O3S. The van der Waals surface area contributed by atoms with Crippen LogP contribution in [0.1, 0.15) is 31.2 Å². The lowest BCUT2D eigenvalue weighted by molar-refractivity contribution is -0.164. The fraction of sp³-hybridized carbons (Fsp3) is 0.474. The van der Waals surface area contributed by atoms with Crippen molar-refractivity contribution >= 4 is 17.3 Å². The lowest BCUT2D eigenvalue weighted by atomic mass is 9.73. The number of likely N-dealkylation sites (tertiary alicyclic amines) is 1. The molecule has 1 saturated heterocycles. The predicted octanol–water partition coefficient (Wildman–Crippen LogP) is 3.39. The molecule has 0 saturated carbocycles. The van der Waals surface area contributed by atoms with E-state index in [1.807, 2.05) is 12.3 Å². The number of aromatic nitrogens is 1. The Labute approximate surface area is 156 Å². The number of piperidine rings is 1. The van der Waals surface area contributed by atoms with Crippen molar-refractivity contribution in [3.8, 4) is 11.3 Å². The maximum atomic E-state index is 13.0. The topological polar surface area (TPSA) is 73.7 Å². The molecule has 1 aromatic heterocycles. The number of thiazole rings is 1. The van der Waals surface area contributed by atoms with Gasteiger partial charge in [-0.3, -0.25) is 9.69 Å². The number of nitrogens with zero attached hydrogens (tertiary/aromatic N) is 2. The first kappa shape index (κ1) is 18.9. The van der Waals surface area contributed by atoms with Crippen LogP contribution >= 0.6 is 11.3 Å². The second-order valence-corrected chi connectivity index (χ2v) is 7.79. The Kier molecular flexibility index (Phi) is 5.70. The molecule has 1 aliphatic heterocycles. The van der Waals surface area contributed by atoms with Gasteiger partial charge in [-0.1, -0.05) is 13.3 Å². The smallest absolute Gasteiger partial charge is 0.312 e. The summed E-state index contributed by atoms with van der Waals surface area (Å²) in [5, 5.41) is 22.9. The summed E-state index contributed by atoms with van der Waals surface area (Å²) in [6.45, 7) is 3.47. The minimum atomic E-state index is -1.03. The van der Waals surface area contributed by atoms with Crippen molar-refractivity contribution in [1.29, 1.82) is 0 Å². The molecule has 140 valence electrons. The molecule has 1 fully saturated rings. The number of halogens is 1. The molecule has 2 heterocycles. The number of hydrogen-bond acceptors (Lipinski definition) is 5. The molecule has 0 aliphatic carbocycles. The van der Waals surface area contributed by atoms with Gasteiger partial charge in [-0.2, -0.15) is 0 Å². The van der Waals surface area contributed by atoms with Crippen LogP contribution in [0.5, 0.6) is 0 Å². The molecule has 1 aliphatic rings. The number of rotatable bonds is 6. The third kappa shape index (κ3) is 3.79. The van der Waals surface area contributed by atoms with E-state index in [0.717, 1.165) is 22.7 Å². The van der Waals surface area contributed by atoms with Crippen LogP contribution in [-0.2, 0) is 11.3 Å². The highest BCUT2D eigenvalue weighted by Crippen LogP contribution is 2.37. The van der Waals surface area contributed by atoms with Crippen LogP contribution in [-0.4, -0.2) is 45.3 Å². The maximum Gasteiger partial charge on any atom is 0.312 e. The van der Waals surface area contributed by atoms with Gasteiger partial charge in [0.1, 0.15) is 10.8 Å². The number of benzene rings is 1. The lowest BCUT2D eigenvalue weighted by Crippen LogP contribution is -2.54. The average molecular weight is 378 g/mol. The van der Waals surface area contributed by atoms with Gasteiger partial charge in [-0.15, -0.1) is 11.3 Å². The molecule has 0 amide bonds. The molecule has 0 radical (unpaired) electrons. The molecule has 3 rings (SSSR count). The summed E-state index contributed by atoms with van der Waals surface area (Å²) in [5.74, 6) is -1.18. The Morgan fingerprint density at radius 1 is 1.42 bits per heavy atom. The molecule has 2 aromatic rings. The Morgan fingerprint density at radius 2 is 2.15 bits per heavy atom. The Bertz CT molecular complexity index is 764. The number of aliphatic hydroxyl groups is 1. The van der Waals surface area contributed by atoms with Crippen molar-refractivity contribution < 1.29 is 19.4 Å². The van der Waals surface area contributed by atoms with Gasteiger partial charge in [0, 0.05) is 17.5 Å². The standard InChI is InChI=1S/C19H23FN2O3S/c1-2-7-19(18(24)25)8-9-22(10-16(19)23)11-17-21-15(12-26-17)13-3-5-14(20)6-4-13/h3-6,12,16,23H,2,7-11H2,1H3,(H,24,25)/t16-,19+/m1/s1. The van der Waals surface area contributed by atoms with E-state index in [1.54, 1.807) is 12.1 Å². The number of carbonyl (C=O) groups is 1. The van der Waals surface area contributed by atoms with Crippen molar-refractivity contribution in [3.63, 3.8) is 0 Å². The maximum absolute atomic E-state index is 13.0. The molecular weight excluding hydrogens is 355 g/mol. The minimum absolute atomic E-state index is 0.277. The minimum Gasteiger partial charge on any atom is -0.481 e. The van der Waals surface area contributed by atoms with E-state index in [9.17, 15) is 19.4 Å². The fourth-order valence-corrected chi connectivity index (χ4v) is 4.45. The fourth-order valence-electron chi connectivity index (χ4n) is 3.60. The van der Waals surface area contributed by atoms with E-state index < -0.39 is 17.5 Å². The van der Waals surface area contributed by atoms with E-state index in [4.69, 9.17) is 0 Å². The van der Waals surface area contributed by atoms with Gasteiger partial charge < -0.3 is 10.2 Å². The van der Waals surface area contributed by atoms with Crippen LogP contribution in [0.15, 0.2) is 29.6 Å². The van der Waals surface area contributed by atoms with Crippen LogP contribution < -0.4 is 0 Å². The van der Waals surface area contributed by atoms with Crippen LogP contribution in [0.2, 0.25) is 0 Å². The van der Waals surface area contributed by atoms with E-state index in [1.165, 1.54) is 23.5 Å². The first-order valence-corrected chi connectivity index (χ1v) is 9.67. The van der Waals surface area contributed by atoms with E-state index in [2.05, 4.69) is 9.88 Å². The number of β-amino-alcohol motifs (C(OH)–C–C–N with tert-alkyl or cyclic N) is 1. The monoisotopic (exact) mass is 378 g/mol. The molecule has 26 heavy (non-hydrogen) atoms. The van der Waals surface area contributed by atoms with E-state index >= 15 is 0 Å². The Hall–Kier alpha value is -1.83. The second-order valence-electron chi connectivity index (χ2n) is 6.85. The van der Waals surface area contributed by atoms with E-state index in [0.29, 0.717) is 32.5 Å². The molecule has 0 unspecified atom stereocenters. The van der Waals surface area contributed by atoms with Crippen molar-refractivity contribution in [2.24, 2.45) is 5.41 Å². The Morgan fingerprint density at radius 3 is 2.77 bits per heavy atom. The zero-order valence-electron chi connectivity index (χ0n) is 14.7. The van der Waals surface area contributed by atoms with Gasteiger partial charge in [0.25, 0.3) is 0 Å². The summed E-state index contributed by atoms with van der Waals surface area (Å²) in [6, 6.07) is 6.22. The molecule has 7 heteroatoms. The van der Waals surface area contributed by atoms with Gasteiger partial charge in [0.05, 0.1) is 23.8 Å². The quantitative estimate of drug-likeness (QED) is 0.806. The third-order valence-corrected chi connectivity index (χ3v) is 5.95. The van der Waals surface area contributed by atoms with Gasteiger partial charge in [0.2, 0.25) is 0 Å². The summed E-state index contributed by atoms with van der Waals surface area (Å²) >= 11 is 1.52. The summed E-state index contributed by atoms with van der Waals surface area (Å²) in [5.41, 5.74) is 0.627. The van der Waals surface area contributed by atoms with Crippen molar-refractivity contribution in [2.75, 3.05) is 13.1 Å². The van der Waals surface area contributed by atoms with Crippen LogP contribution in [0.25, 0.3) is 11.3 Å². The largest absolute Gasteiger partial charge is 0.481 e. The number of aliphatic hydroxyl groups excluding tert-OH is 1. The predicted molar refractivity (Wildman–Crippen MR) is 98.4 cm³/mol. The van der Waals surface area contributed by atoms with Crippen molar-refractivity contribution in [2.45, 2.75) is 38.8 Å². The highest BCUT2D eigenvalue weighted by Gasteiger charge is 2.47. The van der Waals surface area contributed by atoms with Crippen LogP contribution in [0.3, 0.4) is 0 Å². The molecule has 2 N–H and O–H groups in total. The van der Waals surface area contributed by atoms with Crippen molar-refractivity contribution in [3.05, 3.63) is 40.5 Å². The number of carboxylic acids is 1. The number of aliphatic carboxylic acids is 1. The van der Waals surface area contributed by atoms with Crippen LogP contribution in [0, 0.1) is 11.2 Å². The SMILES string of the molecule is CCC[C@]1(C(=O)O)CCN(Cc2nc(-c3ccc(F)cc3)cs2)C[C@H]1O. The highest BCUT2D eigenvalue weighted by molar-refractivity contribution is 7.09.